The van der Waals surface area contributed by atoms with Crippen molar-refractivity contribution < 1.29 is 19.1 Å². The van der Waals surface area contributed by atoms with Crippen LogP contribution in [-0.4, -0.2) is 55.3 Å². The number of carbonyl (C=O) groups excluding carboxylic acids is 2. The fraction of sp³-hybridized carbons (Fsp3) is 0.368. The summed E-state index contributed by atoms with van der Waals surface area (Å²) in [5, 5.41) is 0. The molecule has 0 N–H and O–H groups in total. The Morgan fingerprint density at radius 3 is 2.40 bits per heavy atom. The zero-order chi connectivity index (χ0) is 18.4. The number of carbonyl (C=O) groups is 2. The van der Waals surface area contributed by atoms with Crippen LogP contribution in [0.3, 0.4) is 0 Å². The monoisotopic (exact) mass is 344 g/mol. The van der Waals surface area contributed by atoms with Gasteiger partial charge in [0.2, 0.25) is 0 Å². The molecule has 0 spiro atoms. The van der Waals surface area contributed by atoms with E-state index in [-0.39, 0.29) is 12.5 Å². The van der Waals surface area contributed by atoms with Gasteiger partial charge in [-0.05, 0) is 32.0 Å². The number of benzene rings is 1. The molecule has 1 aromatic carbocycles. The Morgan fingerprint density at radius 2 is 1.80 bits per heavy atom. The maximum Gasteiger partial charge on any atom is 0.325 e. The van der Waals surface area contributed by atoms with Gasteiger partial charge in [0.25, 0.3) is 5.91 Å². The fourth-order valence-electron chi connectivity index (χ4n) is 2.80. The van der Waals surface area contributed by atoms with E-state index in [0.29, 0.717) is 18.7 Å². The molecule has 0 atom stereocenters. The van der Waals surface area contributed by atoms with Gasteiger partial charge in [0.15, 0.2) is 0 Å². The van der Waals surface area contributed by atoms with Crippen LogP contribution in [0.5, 0.6) is 0 Å². The van der Waals surface area contributed by atoms with Gasteiger partial charge in [-0.15, -0.1) is 0 Å². The molecule has 0 radical (unpaired) electrons. The summed E-state index contributed by atoms with van der Waals surface area (Å²) in [7, 11) is 2.87. The summed E-state index contributed by atoms with van der Waals surface area (Å²) in [4.78, 5) is 26.1. The quantitative estimate of drug-likeness (QED) is 0.724. The van der Waals surface area contributed by atoms with Crippen LogP contribution in [0.2, 0.25) is 0 Å². The molecule has 6 nitrogen and oxygen atoms in total. The van der Waals surface area contributed by atoms with E-state index >= 15 is 0 Å². The highest BCUT2D eigenvalue weighted by Gasteiger charge is 2.23. The molecular formula is C19H24N2O4. The van der Waals surface area contributed by atoms with E-state index in [9.17, 15) is 9.59 Å². The number of aryl methyl sites for hydroxylation is 1. The summed E-state index contributed by atoms with van der Waals surface area (Å²) in [6, 6.07) is 11.7. The van der Waals surface area contributed by atoms with Crippen molar-refractivity contribution in [2.24, 2.45) is 0 Å². The second-order valence-electron chi connectivity index (χ2n) is 5.75. The highest BCUT2D eigenvalue weighted by atomic mass is 16.5. The Balaban J connectivity index is 2.35. The maximum absolute atomic E-state index is 13.0. The third kappa shape index (κ3) is 4.28. The average molecular weight is 344 g/mol. The summed E-state index contributed by atoms with van der Waals surface area (Å²) in [6.45, 7) is 4.42. The Hall–Kier alpha value is -2.60. The summed E-state index contributed by atoms with van der Waals surface area (Å²) < 4.78 is 11.8. The van der Waals surface area contributed by atoms with Crippen molar-refractivity contribution in [3.05, 3.63) is 53.3 Å². The molecule has 0 saturated heterocycles. The van der Waals surface area contributed by atoms with Crippen LogP contribution in [0.4, 0.5) is 0 Å². The Labute approximate surface area is 148 Å². The molecule has 2 aromatic rings. The van der Waals surface area contributed by atoms with Gasteiger partial charge in [0.1, 0.15) is 6.54 Å². The third-order valence-corrected chi connectivity index (χ3v) is 4.08. The van der Waals surface area contributed by atoms with E-state index in [0.717, 1.165) is 17.1 Å². The average Bonchev–Trinajstić information content (AvgIpc) is 2.92. The maximum atomic E-state index is 13.0. The number of aromatic nitrogens is 1. The van der Waals surface area contributed by atoms with Crippen molar-refractivity contribution in [3.63, 3.8) is 0 Å². The first-order valence-corrected chi connectivity index (χ1v) is 8.09. The Kier molecular flexibility index (Phi) is 6.36. The number of nitrogens with zero attached hydrogens (tertiary/aromatic N) is 2. The van der Waals surface area contributed by atoms with Crippen molar-refractivity contribution in [1.29, 1.82) is 0 Å². The molecule has 0 aliphatic heterocycles. The van der Waals surface area contributed by atoms with Crippen molar-refractivity contribution in [3.8, 4) is 5.69 Å². The van der Waals surface area contributed by atoms with Crippen LogP contribution in [-0.2, 0) is 14.3 Å². The van der Waals surface area contributed by atoms with Crippen molar-refractivity contribution in [2.45, 2.75) is 13.8 Å². The van der Waals surface area contributed by atoms with E-state index in [1.165, 1.54) is 12.0 Å². The van der Waals surface area contributed by atoms with Gasteiger partial charge >= 0.3 is 5.97 Å². The van der Waals surface area contributed by atoms with Crippen LogP contribution in [0.1, 0.15) is 21.7 Å². The topological polar surface area (TPSA) is 60.8 Å². The Morgan fingerprint density at radius 1 is 1.12 bits per heavy atom. The van der Waals surface area contributed by atoms with Crippen molar-refractivity contribution in [2.75, 3.05) is 33.9 Å². The number of hydrogen-bond acceptors (Lipinski definition) is 4. The Bertz CT molecular complexity index is 737. The molecule has 0 bridgehead atoms. The minimum absolute atomic E-state index is 0.103. The molecule has 0 aliphatic rings. The predicted molar refractivity (Wildman–Crippen MR) is 95.0 cm³/mol. The number of methoxy groups -OCH3 is 2. The summed E-state index contributed by atoms with van der Waals surface area (Å²) in [6.07, 6.45) is 0. The fourth-order valence-corrected chi connectivity index (χ4v) is 2.80. The molecule has 134 valence electrons. The standard InChI is InChI=1S/C19H24N2O4/c1-14-12-17(15(2)21(14)16-8-6-5-7-9-16)19(23)20(10-11-24-3)13-18(22)25-4/h5-9,12H,10-11,13H2,1-4H3. The SMILES string of the molecule is COCCN(CC(=O)OC)C(=O)c1cc(C)n(-c2ccccc2)c1C. The van der Waals surface area contributed by atoms with Crippen molar-refractivity contribution in [1.82, 2.24) is 9.47 Å². The largest absolute Gasteiger partial charge is 0.468 e. The number of amides is 1. The highest BCUT2D eigenvalue weighted by Crippen LogP contribution is 2.22. The number of rotatable bonds is 7. The molecule has 6 heteroatoms. The summed E-state index contributed by atoms with van der Waals surface area (Å²) in [5.41, 5.74) is 3.35. The van der Waals surface area contributed by atoms with Crippen LogP contribution in [0, 0.1) is 13.8 Å². The smallest absolute Gasteiger partial charge is 0.325 e. The van der Waals surface area contributed by atoms with Gasteiger partial charge < -0.3 is 18.9 Å². The lowest BCUT2D eigenvalue weighted by molar-refractivity contribution is -0.141. The van der Waals surface area contributed by atoms with Gasteiger partial charge in [0, 0.05) is 30.7 Å². The molecule has 0 unspecified atom stereocenters. The van der Waals surface area contributed by atoms with Gasteiger partial charge in [-0.1, -0.05) is 18.2 Å². The van der Waals surface area contributed by atoms with Gasteiger partial charge in [-0.2, -0.15) is 0 Å². The molecule has 2 rings (SSSR count). The van der Waals surface area contributed by atoms with E-state index in [2.05, 4.69) is 0 Å². The summed E-state index contributed by atoms with van der Waals surface area (Å²) in [5.74, 6) is -0.668. The van der Waals surface area contributed by atoms with Crippen LogP contribution in [0.25, 0.3) is 5.69 Å². The minimum Gasteiger partial charge on any atom is -0.468 e. The van der Waals surface area contributed by atoms with Gasteiger partial charge in [-0.25, -0.2) is 0 Å². The first kappa shape index (κ1) is 18.7. The predicted octanol–water partition coefficient (Wildman–Crippen LogP) is 2.36. The van der Waals surface area contributed by atoms with Crippen LogP contribution >= 0.6 is 0 Å². The molecule has 1 aromatic heterocycles. The molecule has 0 saturated carbocycles. The van der Waals surface area contributed by atoms with E-state index in [4.69, 9.17) is 9.47 Å². The first-order chi connectivity index (χ1) is 12.0. The second-order valence-corrected chi connectivity index (χ2v) is 5.75. The molecule has 1 heterocycles. The van der Waals surface area contributed by atoms with E-state index in [1.54, 1.807) is 7.11 Å². The third-order valence-electron chi connectivity index (χ3n) is 4.08. The van der Waals surface area contributed by atoms with E-state index < -0.39 is 5.97 Å². The molecule has 0 aliphatic carbocycles. The summed E-state index contributed by atoms with van der Waals surface area (Å²) >= 11 is 0. The second kappa shape index (κ2) is 8.48. The van der Waals surface area contributed by atoms with Gasteiger partial charge in [0.05, 0.1) is 19.3 Å². The van der Waals surface area contributed by atoms with Crippen molar-refractivity contribution >= 4 is 11.9 Å². The lowest BCUT2D eigenvalue weighted by Gasteiger charge is -2.21. The van der Waals surface area contributed by atoms with Crippen LogP contribution < -0.4 is 0 Å². The van der Waals surface area contributed by atoms with Crippen LogP contribution in [0.15, 0.2) is 36.4 Å². The number of para-hydroxylation sites is 1. The lowest BCUT2D eigenvalue weighted by Crippen LogP contribution is -2.38. The normalized spacial score (nSPS) is 10.6. The zero-order valence-corrected chi connectivity index (χ0v) is 15.1. The molecular weight excluding hydrogens is 320 g/mol. The zero-order valence-electron chi connectivity index (χ0n) is 15.1. The first-order valence-electron chi connectivity index (χ1n) is 8.09. The highest BCUT2D eigenvalue weighted by molar-refractivity contribution is 5.97. The number of ether oxygens (including phenoxy) is 2. The van der Waals surface area contributed by atoms with E-state index in [1.807, 2.05) is 54.8 Å². The molecule has 0 fully saturated rings. The lowest BCUT2D eigenvalue weighted by atomic mass is 10.2. The minimum atomic E-state index is -0.457. The van der Waals surface area contributed by atoms with Gasteiger partial charge in [-0.3, -0.25) is 9.59 Å². The number of hydrogen-bond donors (Lipinski definition) is 0. The number of esters is 1. The molecule has 1 amide bonds. The molecule has 25 heavy (non-hydrogen) atoms.